The molecule has 0 atom stereocenters. The van der Waals surface area contributed by atoms with Crippen LogP contribution < -0.4 is 0 Å². The molecule has 5 heteroatoms. The molecule has 4 aromatic rings. The zero-order chi connectivity index (χ0) is 17.2. The summed E-state index contributed by atoms with van der Waals surface area (Å²) in [5.74, 6) is 0.375. The summed E-state index contributed by atoms with van der Waals surface area (Å²) in [6.45, 7) is 0. The molecule has 0 aliphatic heterocycles. The molecule has 0 unspecified atom stereocenters. The molecule has 1 heterocycles. The van der Waals surface area contributed by atoms with E-state index < -0.39 is 0 Å². The smallest absolute Gasteiger partial charge is 0.193 e. The van der Waals surface area contributed by atoms with Gasteiger partial charge in [0.2, 0.25) is 0 Å². The molecule has 25 heavy (non-hydrogen) atoms. The Labute approximate surface area is 152 Å². The van der Waals surface area contributed by atoms with Crippen LogP contribution in [0.1, 0.15) is 15.9 Å². The lowest BCUT2D eigenvalue weighted by Crippen LogP contribution is -2.05. The van der Waals surface area contributed by atoms with Gasteiger partial charge in [-0.25, -0.2) is 4.98 Å². The predicted octanol–water partition coefficient (Wildman–Crippen LogP) is 4.69. The first kappa shape index (κ1) is 15.6. The van der Waals surface area contributed by atoms with Crippen molar-refractivity contribution in [3.63, 3.8) is 0 Å². The Morgan fingerprint density at radius 1 is 0.760 bits per heavy atom. The van der Waals surface area contributed by atoms with Crippen molar-refractivity contribution in [2.75, 3.05) is 0 Å². The molecule has 0 fully saturated rings. The standard InChI is InChI=1S/C20H12BrN3O/c21-14-11-9-13(10-12-14)19(25)15-5-1-2-6-16(15)20-22-17-7-3-4-8-18(17)23-24-20/h1-12H. The van der Waals surface area contributed by atoms with Crippen molar-refractivity contribution in [3.05, 3.63) is 88.4 Å². The summed E-state index contributed by atoms with van der Waals surface area (Å²) >= 11 is 3.39. The molecule has 4 nitrogen and oxygen atoms in total. The van der Waals surface area contributed by atoms with E-state index in [4.69, 9.17) is 0 Å². The molecule has 0 N–H and O–H groups in total. The van der Waals surface area contributed by atoms with Gasteiger partial charge in [0.15, 0.2) is 11.6 Å². The number of nitrogens with zero attached hydrogens (tertiary/aromatic N) is 3. The van der Waals surface area contributed by atoms with E-state index in [-0.39, 0.29) is 5.78 Å². The Balaban J connectivity index is 1.82. The SMILES string of the molecule is O=C(c1ccc(Br)cc1)c1ccccc1-c1nnc2ccccc2n1. The summed E-state index contributed by atoms with van der Waals surface area (Å²) in [7, 11) is 0. The summed E-state index contributed by atoms with van der Waals surface area (Å²) < 4.78 is 0.930. The Morgan fingerprint density at radius 3 is 2.24 bits per heavy atom. The zero-order valence-electron chi connectivity index (χ0n) is 13.1. The lowest BCUT2D eigenvalue weighted by atomic mass is 9.98. The average Bonchev–Trinajstić information content (AvgIpc) is 2.67. The molecule has 0 saturated carbocycles. The van der Waals surface area contributed by atoms with Crippen LogP contribution >= 0.6 is 15.9 Å². The van der Waals surface area contributed by atoms with E-state index in [2.05, 4.69) is 31.1 Å². The van der Waals surface area contributed by atoms with Crippen LogP contribution in [0.15, 0.2) is 77.3 Å². The topological polar surface area (TPSA) is 55.7 Å². The average molecular weight is 390 g/mol. The normalized spacial score (nSPS) is 10.8. The summed E-state index contributed by atoms with van der Waals surface area (Å²) in [5, 5.41) is 8.42. The van der Waals surface area contributed by atoms with E-state index >= 15 is 0 Å². The van der Waals surface area contributed by atoms with Crippen LogP contribution in [0.5, 0.6) is 0 Å². The van der Waals surface area contributed by atoms with Gasteiger partial charge in [0.05, 0.1) is 5.52 Å². The molecule has 0 spiro atoms. The van der Waals surface area contributed by atoms with E-state index in [1.54, 1.807) is 18.2 Å². The number of carbonyl (C=O) groups is 1. The van der Waals surface area contributed by atoms with Gasteiger partial charge in [-0.15, -0.1) is 10.2 Å². The third kappa shape index (κ3) is 3.06. The van der Waals surface area contributed by atoms with Crippen molar-refractivity contribution in [1.29, 1.82) is 0 Å². The molecular formula is C20H12BrN3O. The number of carbonyl (C=O) groups excluding carboxylic acids is 1. The van der Waals surface area contributed by atoms with E-state index in [1.165, 1.54) is 0 Å². The minimum absolute atomic E-state index is 0.0696. The highest BCUT2D eigenvalue weighted by Crippen LogP contribution is 2.24. The second kappa shape index (κ2) is 6.53. The molecule has 0 aliphatic carbocycles. The van der Waals surface area contributed by atoms with Crippen molar-refractivity contribution in [2.24, 2.45) is 0 Å². The van der Waals surface area contributed by atoms with Gasteiger partial charge in [0.1, 0.15) is 5.52 Å². The Kier molecular flexibility index (Phi) is 4.07. The number of hydrogen-bond donors (Lipinski definition) is 0. The Bertz CT molecular complexity index is 1080. The first-order chi connectivity index (χ1) is 12.2. The molecule has 0 bridgehead atoms. The van der Waals surface area contributed by atoms with Crippen LogP contribution in [0.2, 0.25) is 0 Å². The molecule has 3 aromatic carbocycles. The van der Waals surface area contributed by atoms with Gasteiger partial charge in [0.25, 0.3) is 0 Å². The number of rotatable bonds is 3. The number of fused-ring (bicyclic) bond motifs is 1. The van der Waals surface area contributed by atoms with Crippen LogP contribution in [0, 0.1) is 0 Å². The van der Waals surface area contributed by atoms with Crippen LogP contribution in [0.25, 0.3) is 22.4 Å². The molecule has 0 amide bonds. The van der Waals surface area contributed by atoms with Gasteiger partial charge in [-0.1, -0.05) is 52.3 Å². The molecule has 1 aromatic heterocycles. The highest BCUT2D eigenvalue weighted by molar-refractivity contribution is 9.10. The highest BCUT2D eigenvalue weighted by Gasteiger charge is 2.16. The molecule has 0 radical (unpaired) electrons. The lowest BCUT2D eigenvalue weighted by molar-refractivity contribution is 0.103. The van der Waals surface area contributed by atoms with Crippen molar-refractivity contribution >= 4 is 32.7 Å². The van der Waals surface area contributed by atoms with Gasteiger partial charge in [-0.2, -0.15) is 0 Å². The first-order valence-electron chi connectivity index (χ1n) is 7.71. The fourth-order valence-corrected chi connectivity index (χ4v) is 2.89. The van der Waals surface area contributed by atoms with Crippen LogP contribution in [0.3, 0.4) is 0 Å². The molecule has 4 rings (SSSR count). The van der Waals surface area contributed by atoms with E-state index in [0.29, 0.717) is 22.5 Å². The minimum Gasteiger partial charge on any atom is -0.289 e. The molecular weight excluding hydrogens is 378 g/mol. The summed E-state index contributed by atoms with van der Waals surface area (Å²) in [6.07, 6.45) is 0. The number of ketones is 1. The van der Waals surface area contributed by atoms with Crippen LogP contribution in [-0.4, -0.2) is 21.0 Å². The first-order valence-corrected chi connectivity index (χ1v) is 8.51. The predicted molar refractivity (Wildman–Crippen MR) is 100 cm³/mol. The van der Waals surface area contributed by atoms with E-state index in [1.807, 2.05) is 54.6 Å². The van der Waals surface area contributed by atoms with Gasteiger partial charge in [-0.05, 0) is 36.4 Å². The maximum atomic E-state index is 12.9. The van der Waals surface area contributed by atoms with Gasteiger partial charge in [0, 0.05) is 21.2 Å². The Hall–Kier alpha value is -2.92. The van der Waals surface area contributed by atoms with Crippen molar-refractivity contribution in [3.8, 4) is 11.4 Å². The monoisotopic (exact) mass is 389 g/mol. The summed E-state index contributed by atoms with van der Waals surface area (Å²) in [4.78, 5) is 17.5. The van der Waals surface area contributed by atoms with Gasteiger partial charge in [-0.3, -0.25) is 4.79 Å². The largest absolute Gasteiger partial charge is 0.289 e. The molecule has 0 saturated heterocycles. The summed E-state index contributed by atoms with van der Waals surface area (Å²) in [5.41, 5.74) is 3.32. The van der Waals surface area contributed by atoms with Gasteiger partial charge < -0.3 is 0 Å². The van der Waals surface area contributed by atoms with E-state index in [0.717, 1.165) is 15.5 Å². The zero-order valence-corrected chi connectivity index (χ0v) is 14.6. The molecule has 0 aliphatic rings. The van der Waals surface area contributed by atoms with Crippen molar-refractivity contribution in [1.82, 2.24) is 15.2 Å². The number of para-hydroxylation sites is 1. The third-order valence-electron chi connectivity index (χ3n) is 3.88. The second-order valence-electron chi connectivity index (χ2n) is 5.51. The second-order valence-corrected chi connectivity index (χ2v) is 6.42. The fraction of sp³-hybridized carbons (Fsp3) is 0. The van der Waals surface area contributed by atoms with Crippen LogP contribution in [-0.2, 0) is 0 Å². The maximum Gasteiger partial charge on any atom is 0.193 e. The van der Waals surface area contributed by atoms with Crippen molar-refractivity contribution < 1.29 is 4.79 Å². The third-order valence-corrected chi connectivity index (χ3v) is 4.41. The Morgan fingerprint density at radius 2 is 1.44 bits per heavy atom. The number of halogens is 1. The summed E-state index contributed by atoms with van der Waals surface area (Å²) in [6, 6.07) is 22.2. The quantitative estimate of drug-likeness (QED) is 0.477. The number of hydrogen-bond acceptors (Lipinski definition) is 4. The fourth-order valence-electron chi connectivity index (χ4n) is 2.63. The lowest BCUT2D eigenvalue weighted by Gasteiger charge is -2.08. The highest BCUT2D eigenvalue weighted by atomic mass is 79.9. The van der Waals surface area contributed by atoms with Gasteiger partial charge >= 0.3 is 0 Å². The van der Waals surface area contributed by atoms with E-state index in [9.17, 15) is 4.79 Å². The minimum atomic E-state index is -0.0696. The van der Waals surface area contributed by atoms with Crippen molar-refractivity contribution in [2.45, 2.75) is 0 Å². The van der Waals surface area contributed by atoms with Crippen LogP contribution in [0.4, 0.5) is 0 Å². The number of aromatic nitrogens is 3. The number of benzene rings is 3. The molecule has 120 valence electrons. The maximum absolute atomic E-state index is 12.9.